The van der Waals surface area contributed by atoms with Gasteiger partial charge in [-0.25, -0.2) is 8.42 Å². The highest BCUT2D eigenvalue weighted by molar-refractivity contribution is 7.92. The van der Waals surface area contributed by atoms with Crippen LogP contribution in [0.1, 0.15) is 23.6 Å². The maximum atomic E-state index is 13.6. The third-order valence-electron chi connectivity index (χ3n) is 4.96. The average molecular weight is 453 g/mol. The maximum Gasteiger partial charge on any atom is 0.264 e. The Labute approximate surface area is 189 Å². The molecule has 0 unspecified atom stereocenters. The smallest absolute Gasteiger partial charge is 0.264 e. The van der Waals surface area contributed by atoms with Crippen LogP contribution in [0.15, 0.2) is 71.6 Å². The van der Waals surface area contributed by atoms with Crippen molar-refractivity contribution in [3.63, 3.8) is 0 Å². The standard InChI is InChI=1S/C25H28N2O4S/c1-5-31-22-8-6-7-21(16-22)26-25(28)17-27(24-15-19(3)9-12-20(24)4)32(29,30)23-13-10-18(2)11-14-23/h6-16H,5,17H2,1-4H3,(H,26,28). The van der Waals surface area contributed by atoms with Crippen molar-refractivity contribution >= 4 is 27.3 Å². The zero-order valence-corrected chi connectivity index (χ0v) is 19.6. The topological polar surface area (TPSA) is 75.7 Å². The van der Waals surface area contributed by atoms with Crippen LogP contribution in [0.2, 0.25) is 0 Å². The molecule has 0 saturated carbocycles. The molecule has 0 bridgehead atoms. The van der Waals surface area contributed by atoms with Crippen LogP contribution in [0.3, 0.4) is 0 Å². The number of sulfonamides is 1. The molecular weight excluding hydrogens is 424 g/mol. The van der Waals surface area contributed by atoms with E-state index in [1.54, 1.807) is 54.6 Å². The summed E-state index contributed by atoms with van der Waals surface area (Å²) in [5.74, 6) is 0.180. The summed E-state index contributed by atoms with van der Waals surface area (Å²) in [5, 5.41) is 2.78. The van der Waals surface area contributed by atoms with Crippen molar-refractivity contribution in [2.24, 2.45) is 0 Å². The van der Waals surface area contributed by atoms with Gasteiger partial charge in [-0.05, 0) is 69.2 Å². The normalized spacial score (nSPS) is 11.1. The highest BCUT2D eigenvalue weighted by Crippen LogP contribution is 2.28. The molecule has 0 saturated heterocycles. The Morgan fingerprint density at radius 3 is 2.31 bits per heavy atom. The Morgan fingerprint density at radius 2 is 1.62 bits per heavy atom. The van der Waals surface area contributed by atoms with Crippen molar-refractivity contribution in [3.8, 4) is 5.75 Å². The molecule has 0 atom stereocenters. The van der Waals surface area contributed by atoms with Crippen LogP contribution < -0.4 is 14.4 Å². The Morgan fingerprint density at radius 1 is 0.938 bits per heavy atom. The second-order valence-corrected chi connectivity index (χ2v) is 9.49. The van der Waals surface area contributed by atoms with E-state index in [9.17, 15) is 13.2 Å². The molecule has 0 fully saturated rings. The van der Waals surface area contributed by atoms with Gasteiger partial charge < -0.3 is 10.1 Å². The van der Waals surface area contributed by atoms with Crippen molar-refractivity contribution in [3.05, 3.63) is 83.4 Å². The monoisotopic (exact) mass is 452 g/mol. The number of carbonyl (C=O) groups is 1. The molecule has 0 aromatic heterocycles. The molecule has 1 N–H and O–H groups in total. The minimum absolute atomic E-state index is 0.134. The molecule has 0 heterocycles. The summed E-state index contributed by atoms with van der Waals surface area (Å²) in [4.78, 5) is 13.1. The fourth-order valence-corrected chi connectivity index (χ4v) is 4.76. The summed E-state index contributed by atoms with van der Waals surface area (Å²) < 4.78 is 33.8. The molecule has 6 nitrogen and oxygen atoms in total. The van der Waals surface area contributed by atoms with Gasteiger partial charge in [0.15, 0.2) is 0 Å². The number of nitrogens with one attached hydrogen (secondary N) is 1. The van der Waals surface area contributed by atoms with Gasteiger partial charge in [0.2, 0.25) is 5.91 Å². The molecule has 0 radical (unpaired) electrons. The summed E-state index contributed by atoms with van der Waals surface area (Å²) in [6.45, 7) is 7.63. The van der Waals surface area contributed by atoms with Crippen LogP contribution in [-0.4, -0.2) is 27.5 Å². The van der Waals surface area contributed by atoms with E-state index in [1.807, 2.05) is 39.8 Å². The lowest BCUT2D eigenvalue weighted by atomic mass is 10.1. The Bertz CT molecular complexity index is 1200. The first-order valence-corrected chi connectivity index (χ1v) is 11.8. The van der Waals surface area contributed by atoms with Crippen LogP contribution >= 0.6 is 0 Å². The van der Waals surface area contributed by atoms with Gasteiger partial charge in [0, 0.05) is 11.8 Å². The summed E-state index contributed by atoms with van der Waals surface area (Å²) in [6, 6.07) is 19.2. The van der Waals surface area contributed by atoms with Crippen LogP contribution in [0, 0.1) is 20.8 Å². The van der Waals surface area contributed by atoms with Crippen LogP contribution in [0.4, 0.5) is 11.4 Å². The number of aryl methyl sites for hydroxylation is 3. The molecule has 32 heavy (non-hydrogen) atoms. The number of amides is 1. The van der Waals surface area contributed by atoms with Crippen LogP contribution in [0.25, 0.3) is 0 Å². The highest BCUT2D eigenvalue weighted by Gasteiger charge is 2.28. The first-order chi connectivity index (χ1) is 15.2. The number of benzene rings is 3. The van der Waals surface area contributed by atoms with Gasteiger partial charge >= 0.3 is 0 Å². The van der Waals surface area contributed by atoms with Crippen molar-refractivity contribution in [2.75, 3.05) is 22.8 Å². The SMILES string of the molecule is CCOc1cccc(NC(=O)CN(c2cc(C)ccc2C)S(=O)(=O)c2ccc(C)cc2)c1. The Kier molecular flexibility index (Phi) is 7.20. The lowest BCUT2D eigenvalue weighted by Gasteiger charge is -2.26. The minimum Gasteiger partial charge on any atom is -0.494 e. The predicted octanol–water partition coefficient (Wildman–Crippen LogP) is 4.84. The minimum atomic E-state index is -3.97. The van der Waals surface area contributed by atoms with Crippen molar-refractivity contribution < 1.29 is 17.9 Å². The Balaban J connectivity index is 1.96. The number of ether oxygens (including phenoxy) is 1. The number of carbonyl (C=O) groups excluding carboxylic acids is 1. The third kappa shape index (κ3) is 5.48. The summed E-state index contributed by atoms with van der Waals surface area (Å²) in [5.41, 5.74) is 3.63. The van der Waals surface area contributed by atoms with Gasteiger partial charge in [0.1, 0.15) is 12.3 Å². The number of hydrogen-bond donors (Lipinski definition) is 1. The number of hydrogen-bond acceptors (Lipinski definition) is 4. The van der Waals surface area contributed by atoms with Gasteiger partial charge in [-0.15, -0.1) is 0 Å². The van der Waals surface area contributed by atoms with E-state index in [4.69, 9.17) is 4.74 Å². The fourth-order valence-electron chi connectivity index (χ4n) is 3.29. The second-order valence-electron chi connectivity index (χ2n) is 7.62. The zero-order valence-electron chi connectivity index (χ0n) is 18.8. The van der Waals surface area contributed by atoms with E-state index in [0.29, 0.717) is 23.7 Å². The molecule has 0 aliphatic rings. The summed E-state index contributed by atoms with van der Waals surface area (Å²) >= 11 is 0. The first-order valence-electron chi connectivity index (χ1n) is 10.4. The molecule has 168 valence electrons. The zero-order chi connectivity index (χ0) is 23.3. The molecule has 3 aromatic rings. The van der Waals surface area contributed by atoms with E-state index in [1.165, 1.54) is 4.31 Å². The lowest BCUT2D eigenvalue weighted by Crippen LogP contribution is -2.38. The first kappa shape index (κ1) is 23.3. The van der Waals surface area contributed by atoms with Gasteiger partial charge in [0.05, 0.1) is 17.2 Å². The van der Waals surface area contributed by atoms with Gasteiger partial charge in [-0.2, -0.15) is 0 Å². The van der Waals surface area contributed by atoms with Gasteiger partial charge in [-0.3, -0.25) is 9.10 Å². The third-order valence-corrected chi connectivity index (χ3v) is 6.73. The van der Waals surface area contributed by atoms with Crippen molar-refractivity contribution in [1.29, 1.82) is 0 Å². The van der Waals surface area contributed by atoms with E-state index < -0.39 is 15.9 Å². The maximum absolute atomic E-state index is 13.6. The predicted molar refractivity (Wildman–Crippen MR) is 128 cm³/mol. The molecule has 0 aliphatic carbocycles. The van der Waals surface area contributed by atoms with E-state index >= 15 is 0 Å². The summed E-state index contributed by atoms with van der Waals surface area (Å²) in [6.07, 6.45) is 0. The lowest BCUT2D eigenvalue weighted by molar-refractivity contribution is -0.114. The second kappa shape index (κ2) is 9.87. The van der Waals surface area contributed by atoms with E-state index in [2.05, 4.69) is 5.32 Å². The van der Waals surface area contributed by atoms with Crippen molar-refractivity contribution in [2.45, 2.75) is 32.6 Å². The van der Waals surface area contributed by atoms with E-state index in [0.717, 1.165) is 16.7 Å². The Hall–Kier alpha value is -3.32. The molecular formula is C25H28N2O4S. The highest BCUT2D eigenvalue weighted by atomic mass is 32.2. The fraction of sp³-hybridized carbons (Fsp3) is 0.240. The van der Waals surface area contributed by atoms with Crippen LogP contribution in [-0.2, 0) is 14.8 Å². The molecule has 0 aliphatic heterocycles. The van der Waals surface area contributed by atoms with Crippen molar-refractivity contribution in [1.82, 2.24) is 0 Å². The van der Waals surface area contributed by atoms with Gasteiger partial charge in [-0.1, -0.05) is 35.9 Å². The number of anilines is 2. The average Bonchev–Trinajstić information content (AvgIpc) is 2.74. The van der Waals surface area contributed by atoms with E-state index in [-0.39, 0.29) is 11.4 Å². The number of nitrogens with zero attached hydrogens (tertiary/aromatic N) is 1. The molecule has 3 rings (SSSR count). The molecule has 1 amide bonds. The summed E-state index contributed by atoms with van der Waals surface area (Å²) in [7, 11) is -3.97. The number of rotatable bonds is 8. The van der Waals surface area contributed by atoms with Crippen LogP contribution in [0.5, 0.6) is 5.75 Å². The largest absolute Gasteiger partial charge is 0.494 e. The molecule has 7 heteroatoms. The molecule has 0 spiro atoms. The molecule has 3 aromatic carbocycles. The quantitative estimate of drug-likeness (QED) is 0.530. The van der Waals surface area contributed by atoms with Gasteiger partial charge in [0.25, 0.3) is 10.0 Å².